The Kier molecular flexibility index (Phi) is 5.83. The number of hydrogen-bond acceptors (Lipinski definition) is 6. The standard InChI is InChI=1S/C21H26N6S/c1-15-12-21(26-25-15)24-20-14-18(28-17-6-4-3-5-7-17)13-19(23-20)22-16-8-10-27(2)11-9-16/h3-7,12-14,16H,8-11H2,1-2H3,(H3,22,23,24,25,26). The highest BCUT2D eigenvalue weighted by Crippen LogP contribution is 2.32. The van der Waals surface area contributed by atoms with Crippen LogP contribution in [0.15, 0.2) is 58.3 Å². The monoisotopic (exact) mass is 394 g/mol. The number of aromatic amines is 1. The SMILES string of the molecule is Cc1cc(Nc2cc(Sc3ccccc3)cc(NC3CCN(C)CC3)n2)n[nH]1. The van der Waals surface area contributed by atoms with Crippen molar-refractivity contribution in [2.75, 3.05) is 30.8 Å². The zero-order chi connectivity index (χ0) is 19.3. The molecule has 146 valence electrons. The Morgan fingerprint density at radius 2 is 1.75 bits per heavy atom. The van der Waals surface area contributed by atoms with Gasteiger partial charge in [-0.25, -0.2) is 4.98 Å². The summed E-state index contributed by atoms with van der Waals surface area (Å²) in [4.78, 5) is 9.52. The summed E-state index contributed by atoms with van der Waals surface area (Å²) in [5.41, 5.74) is 1.02. The molecule has 3 aromatic rings. The Balaban J connectivity index is 1.56. The van der Waals surface area contributed by atoms with E-state index in [1.165, 1.54) is 4.90 Å². The van der Waals surface area contributed by atoms with Crippen LogP contribution in [0.4, 0.5) is 17.5 Å². The number of nitrogens with one attached hydrogen (secondary N) is 3. The van der Waals surface area contributed by atoms with Crippen molar-refractivity contribution >= 4 is 29.2 Å². The fourth-order valence-electron chi connectivity index (χ4n) is 3.30. The van der Waals surface area contributed by atoms with Gasteiger partial charge in [-0.3, -0.25) is 5.10 Å². The van der Waals surface area contributed by atoms with Gasteiger partial charge in [-0.15, -0.1) is 0 Å². The maximum absolute atomic E-state index is 4.79. The van der Waals surface area contributed by atoms with Gasteiger partial charge >= 0.3 is 0 Å². The van der Waals surface area contributed by atoms with Crippen molar-refractivity contribution in [2.45, 2.75) is 35.6 Å². The van der Waals surface area contributed by atoms with Crippen molar-refractivity contribution in [3.05, 3.63) is 54.2 Å². The van der Waals surface area contributed by atoms with E-state index in [4.69, 9.17) is 4.98 Å². The molecule has 0 unspecified atom stereocenters. The Bertz CT molecular complexity index is 902. The molecular formula is C21H26N6S. The van der Waals surface area contributed by atoms with E-state index in [-0.39, 0.29) is 0 Å². The fourth-order valence-corrected chi connectivity index (χ4v) is 4.21. The Morgan fingerprint density at radius 1 is 1.00 bits per heavy atom. The number of H-pyrrole nitrogens is 1. The summed E-state index contributed by atoms with van der Waals surface area (Å²) in [6.07, 6.45) is 2.27. The predicted molar refractivity (Wildman–Crippen MR) is 116 cm³/mol. The highest BCUT2D eigenvalue weighted by molar-refractivity contribution is 7.99. The number of nitrogens with zero attached hydrogens (tertiary/aromatic N) is 3. The van der Waals surface area contributed by atoms with Crippen LogP contribution in [0, 0.1) is 6.92 Å². The van der Waals surface area contributed by atoms with Gasteiger partial charge in [0.25, 0.3) is 0 Å². The summed E-state index contributed by atoms with van der Waals surface area (Å²) in [6.45, 7) is 4.22. The lowest BCUT2D eigenvalue weighted by molar-refractivity contribution is 0.263. The number of hydrogen-bond donors (Lipinski definition) is 3. The minimum atomic E-state index is 0.459. The predicted octanol–water partition coefficient (Wildman–Crippen LogP) is 4.51. The lowest BCUT2D eigenvalue weighted by atomic mass is 10.1. The third kappa shape index (κ3) is 5.05. The number of piperidine rings is 1. The third-order valence-corrected chi connectivity index (χ3v) is 5.79. The number of rotatable bonds is 6. The molecule has 28 heavy (non-hydrogen) atoms. The maximum atomic E-state index is 4.79. The third-order valence-electron chi connectivity index (χ3n) is 4.81. The van der Waals surface area contributed by atoms with Gasteiger partial charge in [-0.05, 0) is 64.2 Å². The van der Waals surface area contributed by atoms with E-state index in [0.717, 1.165) is 54.0 Å². The van der Waals surface area contributed by atoms with Gasteiger partial charge in [0.2, 0.25) is 0 Å². The topological polar surface area (TPSA) is 68.9 Å². The van der Waals surface area contributed by atoms with Crippen LogP contribution in [0.5, 0.6) is 0 Å². The average Bonchev–Trinajstić information content (AvgIpc) is 3.09. The molecule has 0 amide bonds. The summed E-state index contributed by atoms with van der Waals surface area (Å²) in [6, 6.07) is 17.1. The first-order valence-corrected chi connectivity index (χ1v) is 10.4. The smallest absolute Gasteiger partial charge is 0.153 e. The molecule has 1 aliphatic heterocycles. The van der Waals surface area contributed by atoms with Crippen LogP contribution in [0.2, 0.25) is 0 Å². The quantitative estimate of drug-likeness (QED) is 0.571. The van der Waals surface area contributed by atoms with Crippen LogP contribution >= 0.6 is 11.8 Å². The van der Waals surface area contributed by atoms with Gasteiger partial charge in [0.1, 0.15) is 11.6 Å². The lowest BCUT2D eigenvalue weighted by Crippen LogP contribution is -2.36. The van der Waals surface area contributed by atoms with Crippen LogP contribution in [0.3, 0.4) is 0 Å². The highest BCUT2D eigenvalue weighted by atomic mass is 32.2. The first-order valence-electron chi connectivity index (χ1n) is 9.63. The second-order valence-electron chi connectivity index (χ2n) is 7.27. The van der Waals surface area contributed by atoms with Crippen LogP contribution in [0.25, 0.3) is 0 Å². The number of pyridine rings is 1. The molecule has 7 heteroatoms. The molecule has 2 aromatic heterocycles. The number of aryl methyl sites for hydroxylation is 1. The molecule has 3 N–H and O–H groups in total. The number of anilines is 3. The molecule has 1 fully saturated rings. The lowest BCUT2D eigenvalue weighted by Gasteiger charge is -2.30. The molecule has 4 rings (SSSR count). The first kappa shape index (κ1) is 18.8. The minimum absolute atomic E-state index is 0.459. The Labute approximate surface area is 170 Å². The van der Waals surface area contributed by atoms with Crippen molar-refractivity contribution in [1.82, 2.24) is 20.1 Å². The van der Waals surface area contributed by atoms with E-state index < -0.39 is 0 Å². The number of aromatic nitrogens is 3. The van der Waals surface area contributed by atoms with Crippen LogP contribution in [-0.2, 0) is 0 Å². The molecule has 1 aromatic carbocycles. The molecule has 6 nitrogen and oxygen atoms in total. The van der Waals surface area contributed by atoms with Crippen LogP contribution in [-0.4, -0.2) is 46.3 Å². The maximum Gasteiger partial charge on any atom is 0.153 e. The zero-order valence-corrected chi connectivity index (χ0v) is 17.1. The van der Waals surface area contributed by atoms with E-state index in [0.29, 0.717) is 6.04 Å². The summed E-state index contributed by atoms with van der Waals surface area (Å²) < 4.78 is 0. The van der Waals surface area contributed by atoms with Crippen molar-refractivity contribution in [3.8, 4) is 0 Å². The molecule has 0 spiro atoms. The van der Waals surface area contributed by atoms with E-state index in [9.17, 15) is 0 Å². The first-order chi connectivity index (χ1) is 13.6. The molecule has 0 atom stereocenters. The minimum Gasteiger partial charge on any atom is -0.367 e. The summed E-state index contributed by atoms with van der Waals surface area (Å²) in [5.74, 6) is 2.48. The molecule has 3 heterocycles. The molecule has 0 aliphatic carbocycles. The molecular weight excluding hydrogens is 368 g/mol. The molecule has 0 saturated carbocycles. The fraction of sp³-hybridized carbons (Fsp3) is 0.333. The van der Waals surface area contributed by atoms with Crippen LogP contribution < -0.4 is 10.6 Å². The average molecular weight is 395 g/mol. The zero-order valence-electron chi connectivity index (χ0n) is 16.3. The van der Waals surface area contributed by atoms with Crippen LogP contribution in [0.1, 0.15) is 18.5 Å². The second kappa shape index (κ2) is 8.67. The largest absolute Gasteiger partial charge is 0.367 e. The van der Waals surface area contributed by atoms with Crippen molar-refractivity contribution in [3.63, 3.8) is 0 Å². The molecule has 0 radical (unpaired) electrons. The molecule has 0 bridgehead atoms. The van der Waals surface area contributed by atoms with E-state index >= 15 is 0 Å². The molecule has 1 saturated heterocycles. The van der Waals surface area contributed by atoms with Gasteiger partial charge in [0, 0.05) is 27.6 Å². The van der Waals surface area contributed by atoms with E-state index in [1.54, 1.807) is 11.8 Å². The van der Waals surface area contributed by atoms with E-state index in [1.807, 2.05) is 19.1 Å². The van der Waals surface area contributed by atoms with Crippen molar-refractivity contribution < 1.29 is 0 Å². The van der Waals surface area contributed by atoms with Crippen molar-refractivity contribution in [2.24, 2.45) is 0 Å². The summed E-state index contributed by atoms with van der Waals surface area (Å²) in [5, 5.41) is 14.2. The number of benzene rings is 1. The highest BCUT2D eigenvalue weighted by Gasteiger charge is 2.17. The van der Waals surface area contributed by atoms with Gasteiger partial charge in [0.15, 0.2) is 5.82 Å². The normalized spacial score (nSPS) is 15.5. The Hall–Kier alpha value is -2.51. The van der Waals surface area contributed by atoms with Gasteiger partial charge in [-0.2, -0.15) is 5.10 Å². The second-order valence-corrected chi connectivity index (χ2v) is 8.42. The summed E-state index contributed by atoms with van der Waals surface area (Å²) >= 11 is 1.74. The van der Waals surface area contributed by atoms with Gasteiger partial charge < -0.3 is 15.5 Å². The Morgan fingerprint density at radius 3 is 2.46 bits per heavy atom. The van der Waals surface area contributed by atoms with Crippen molar-refractivity contribution in [1.29, 1.82) is 0 Å². The number of likely N-dealkylation sites (tertiary alicyclic amines) is 1. The molecule has 1 aliphatic rings. The summed E-state index contributed by atoms with van der Waals surface area (Å²) in [7, 11) is 2.18. The van der Waals surface area contributed by atoms with Gasteiger partial charge in [0.05, 0.1) is 0 Å². The van der Waals surface area contributed by atoms with E-state index in [2.05, 4.69) is 69.2 Å². The van der Waals surface area contributed by atoms with Gasteiger partial charge in [-0.1, -0.05) is 30.0 Å².